The quantitative estimate of drug-likeness (QED) is 0.374. The minimum atomic E-state index is -1.17. The Morgan fingerprint density at radius 3 is 2.84 bits per heavy atom. The first-order chi connectivity index (χ1) is 11.9. The third-order valence-electron chi connectivity index (χ3n) is 4.14. The molecular formula is C15H21N2O7P. The van der Waals surface area contributed by atoms with Crippen LogP contribution in [-0.4, -0.2) is 61.8 Å². The lowest BCUT2D eigenvalue weighted by molar-refractivity contribution is -0.263. The van der Waals surface area contributed by atoms with Gasteiger partial charge in [-0.15, -0.1) is 0 Å². The van der Waals surface area contributed by atoms with Gasteiger partial charge in [0.2, 0.25) is 0 Å². The molecule has 5 unspecified atom stereocenters. The summed E-state index contributed by atoms with van der Waals surface area (Å²) in [7, 11) is -0.488. The van der Waals surface area contributed by atoms with Crippen molar-refractivity contribution in [2.24, 2.45) is 0 Å². The molecule has 0 amide bonds. The van der Waals surface area contributed by atoms with Gasteiger partial charge in [0.25, 0.3) is 5.56 Å². The molecule has 1 aliphatic heterocycles. The van der Waals surface area contributed by atoms with E-state index in [0.29, 0.717) is 0 Å². The molecule has 0 aromatic carbocycles. The van der Waals surface area contributed by atoms with Gasteiger partial charge >= 0.3 is 5.69 Å². The van der Waals surface area contributed by atoms with Crippen molar-refractivity contribution >= 4 is 8.81 Å². The normalized spacial score (nSPS) is 27.9. The van der Waals surface area contributed by atoms with Crippen LogP contribution in [0.1, 0.15) is 25.6 Å². The first-order valence-corrected chi connectivity index (χ1v) is 8.66. The van der Waals surface area contributed by atoms with Crippen molar-refractivity contribution in [2.45, 2.75) is 37.4 Å². The summed E-state index contributed by atoms with van der Waals surface area (Å²) in [4.78, 5) is 35.6. The fourth-order valence-corrected chi connectivity index (χ4v) is 2.95. The lowest BCUT2D eigenvalue weighted by Gasteiger charge is -2.45. The summed E-state index contributed by atoms with van der Waals surface area (Å²) in [6, 6.07) is 0. The summed E-state index contributed by atoms with van der Waals surface area (Å²) in [5.41, 5.74) is -2.99. The van der Waals surface area contributed by atoms with Crippen LogP contribution in [0.4, 0.5) is 0 Å². The number of aliphatic hydroxyl groups is 2. The lowest BCUT2D eigenvalue weighted by Crippen LogP contribution is -2.57. The number of aromatic amines is 1. The predicted octanol–water partition coefficient (Wildman–Crippen LogP) is -1.48. The van der Waals surface area contributed by atoms with Crippen molar-refractivity contribution in [3.8, 4) is 11.8 Å². The lowest BCUT2D eigenvalue weighted by atomic mass is 10.0. The molecule has 1 aliphatic rings. The highest BCUT2D eigenvalue weighted by atomic mass is 31.1. The van der Waals surface area contributed by atoms with Crippen LogP contribution in [0.15, 0.2) is 15.8 Å². The first kappa shape index (κ1) is 19.8. The zero-order chi connectivity index (χ0) is 18.6. The molecule has 0 bridgehead atoms. The zero-order valence-corrected chi connectivity index (χ0v) is 14.9. The van der Waals surface area contributed by atoms with E-state index in [1.807, 2.05) is 0 Å². The average Bonchev–Trinajstić information content (AvgIpc) is 2.61. The molecule has 1 fully saturated rings. The number of H-pyrrole nitrogens is 1. The first-order valence-electron chi connectivity index (χ1n) is 7.63. The van der Waals surface area contributed by atoms with Crippen LogP contribution in [-0.2, 0) is 9.47 Å². The third kappa shape index (κ3) is 4.01. The Balaban J connectivity index is 2.48. The van der Waals surface area contributed by atoms with Crippen LogP contribution >= 0.6 is 8.81 Å². The second kappa shape index (κ2) is 8.23. The summed E-state index contributed by atoms with van der Waals surface area (Å²) in [6.07, 6.45) is -0.247. The molecule has 1 aromatic rings. The number of aromatic nitrogens is 2. The minimum Gasteiger partial charge on any atom is -0.393 e. The maximum Gasteiger partial charge on any atom is 0.330 e. The van der Waals surface area contributed by atoms with E-state index in [1.165, 1.54) is 6.20 Å². The Morgan fingerprint density at radius 2 is 2.24 bits per heavy atom. The third-order valence-corrected chi connectivity index (χ3v) is 5.06. The molecule has 4 N–H and O–H groups in total. The SMILES string of the molecule is CC1OCC(CO)(C(C)PO)OC1n1cc(C#CCO)c(=O)[nH]c1=O. The Morgan fingerprint density at radius 1 is 1.52 bits per heavy atom. The van der Waals surface area contributed by atoms with E-state index in [4.69, 9.17) is 14.6 Å². The highest BCUT2D eigenvalue weighted by Gasteiger charge is 2.46. The topological polar surface area (TPSA) is 134 Å². The van der Waals surface area contributed by atoms with Crippen LogP contribution in [0.2, 0.25) is 0 Å². The number of nitrogens with one attached hydrogen (secondary N) is 1. The van der Waals surface area contributed by atoms with E-state index in [-0.39, 0.29) is 12.2 Å². The largest absolute Gasteiger partial charge is 0.393 e. The van der Waals surface area contributed by atoms with Gasteiger partial charge in [0.1, 0.15) is 23.9 Å². The monoisotopic (exact) mass is 372 g/mol. The Hall–Kier alpha value is -1.53. The molecule has 5 atom stereocenters. The van der Waals surface area contributed by atoms with Crippen molar-refractivity contribution in [3.05, 3.63) is 32.6 Å². The molecule has 2 heterocycles. The summed E-state index contributed by atoms with van der Waals surface area (Å²) in [5.74, 6) is 4.81. The molecular weight excluding hydrogens is 351 g/mol. The Bertz CT molecular complexity index is 781. The van der Waals surface area contributed by atoms with E-state index < -0.39 is 56.9 Å². The molecule has 0 saturated carbocycles. The summed E-state index contributed by atoms with van der Waals surface area (Å²) < 4.78 is 12.8. The van der Waals surface area contributed by atoms with Gasteiger partial charge in [-0.2, -0.15) is 0 Å². The summed E-state index contributed by atoms with van der Waals surface area (Å²) in [5, 5.41) is 18.5. The molecule has 0 spiro atoms. The molecule has 0 radical (unpaired) electrons. The van der Waals surface area contributed by atoms with Gasteiger partial charge in [-0.05, 0) is 6.92 Å². The highest BCUT2D eigenvalue weighted by Crippen LogP contribution is 2.37. The van der Waals surface area contributed by atoms with Gasteiger partial charge in [-0.1, -0.05) is 18.8 Å². The van der Waals surface area contributed by atoms with Crippen LogP contribution in [0, 0.1) is 11.8 Å². The molecule has 2 rings (SSSR count). The Labute approximate surface area is 145 Å². The fourth-order valence-electron chi connectivity index (χ4n) is 2.47. The molecule has 1 saturated heterocycles. The van der Waals surface area contributed by atoms with Gasteiger partial charge in [-0.25, -0.2) is 4.79 Å². The standard InChI is InChI=1S/C15H21N2O7P/c1-9-13(24-15(7-19,8-23-9)10(2)25-22)17-6-11(4-3-5-18)12(20)16-14(17)21/h6,9-10,13,18-19,22,25H,5,7-8H2,1-2H3,(H,16,20,21). The van der Waals surface area contributed by atoms with Gasteiger partial charge in [-0.3, -0.25) is 14.3 Å². The fraction of sp³-hybridized carbons (Fsp3) is 0.600. The van der Waals surface area contributed by atoms with E-state index in [2.05, 4.69) is 16.8 Å². The summed E-state index contributed by atoms with van der Waals surface area (Å²) in [6.45, 7) is 2.62. The van der Waals surface area contributed by atoms with E-state index in [0.717, 1.165) is 4.57 Å². The number of ether oxygens (including phenoxy) is 2. The molecule has 1 aromatic heterocycles. The summed E-state index contributed by atoms with van der Waals surface area (Å²) >= 11 is 0. The zero-order valence-electron chi connectivity index (χ0n) is 13.9. The maximum absolute atomic E-state index is 12.2. The van der Waals surface area contributed by atoms with Crippen LogP contribution < -0.4 is 11.2 Å². The van der Waals surface area contributed by atoms with Crippen molar-refractivity contribution < 1.29 is 24.6 Å². The van der Waals surface area contributed by atoms with Gasteiger partial charge in [0.05, 0.1) is 13.2 Å². The van der Waals surface area contributed by atoms with Gasteiger partial charge < -0.3 is 24.6 Å². The van der Waals surface area contributed by atoms with Crippen LogP contribution in [0.5, 0.6) is 0 Å². The van der Waals surface area contributed by atoms with Crippen LogP contribution in [0.3, 0.4) is 0 Å². The number of hydrogen-bond donors (Lipinski definition) is 4. The van der Waals surface area contributed by atoms with Gasteiger partial charge in [0, 0.05) is 20.7 Å². The second-order valence-electron chi connectivity index (χ2n) is 5.77. The number of hydrogen-bond acceptors (Lipinski definition) is 7. The smallest absolute Gasteiger partial charge is 0.330 e. The number of rotatable bonds is 4. The molecule has 9 nitrogen and oxygen atoms in total. The van der Waals surface area contributed by atoms with E-state index in [1.54, 1.807) is 13.8 Å². The molecule has 0 aliphatic carbocycles. The number of nitrogens with zero attached hydrogens (tertiary/aromatic N) is 1. The Kier molecular flexibility index (Phi) is 6.52. The number of aliphatic hydroxyl groups excluding tert-OH is 2. The van der Waals surface area contributed by atoms with Crippen molar-refractivity contribution in [3.63, 3.8) is 0 Å². The van der Waals surface area contributed by atoms with Crippen molar-refractivity contribution in [1.82, 2.24) is 9.55 Å². The van der Waals surface area contributed by atoms with E-state index >= 15 is 0 Å². The van der Waals surface area contributed by atoms with Crippen molar-refractivity contribution in [1.29, 1.82) is 0 Å². The van der Waals surface area contributed by atoms with E-state index in [9.17, 15) is 19.6 Å². The predicted molar refractivity (Wildman–Crippen MR) is 90.6 cm³/mol. The van der Waals surface area contributed by atoms with Crippen LogP contribution in [0.25, 0.3) is 0 Å². The minimum absolute atomic E-state index is 0.0123. The molecule has 10 heteroatoms. The van der Waals surface area contributed by atoms with Gasteiger partial charge in [0.15, 0.2) is 6.23 Å². The second-order valence-corrected chi connectivity index (χ2v) is 6.89. The molecule has 138 valence electrons. The average molecular weight is 372 g/mol. The maximum atomic E-state index is 12.2. The highest BCUT2D eigenvalue weighted by molar-refractivity contribution is 7.32. The van der Waals surface area contributed by atoms with Crippen molar-refractivity contribution in [2.75, 3.05) is 19.8 Å². The molecule has 25 heavy (non-hydrogen) atoms.